The van der Waals surface area contributed by atoms with Gasteiger partial charge < -0.3 is 15.9 Å². The van der Waals surface area contributed by atoms with E-state index in [-0.39, 0.29) is 6.61 Å². The normalized spacial score (nSPS) is 15.2. The van der Waals surface area contributed by atoms with Crippen molar-refractivity contribution in [1.29, 1.82) is 0 Å². The number of rotatable bonds is 3. The van der Waals surface area contributed by atoms with E-state index in [1.54, 1.807) is 18.2 Å². The summed E-state index contributed by atoms with van der Waals surface area (Å²) in [7, 11) is 0. The van der Waals surface area contributed by atoms with Gasteiger partial charge in [-0.15, -0.1) is 0 Å². The fourth-order valence-electron chi connectivity index (χ4n) is 1.07. The third-order valence-corrected chi connectivity index (χ3v) is 2.72. The van der Waals surface area contributed by atoms with Crippen molar-refractivity contribution in [3.8, 4) is 0 Å². The Morgan fingerprint density at radius 3 is 2.64 bits per heavy atom. The smallest absolute Gasteiger partial charge is 0.0977 e. The van der Waals surface area contributed by atoms with Crippen molar-refractivity contribution in [1.82, 2.24) is 0 Å². The summed E-state index contributed by atoms with van der Waals surface area (Å²) < 4.78 is 0.830. The van der Waals surface area contributed by atoms with Gasteiger partial charge in [0.15, 0.2) is 0 Å². The van der Waals surface area contributed by atoms with E-state index in [1.807, 2.05) is 0 Å². The number of nitrogens with two attached hydrogens (primary N) is 1. The van der Waals surface area contributed by atoms with Crippen molar-refractivity contribution in [2.24, 2.45) is 5.73 Å². The molecule has 2 atom stereocenters. The first-order chi connectivity index (χ1) is 6.56. The molecule has 0 aromatic heterocycles. The lowest BCUT2D eigenvalue weighted by Crippen LogP contribution is -2.32. The summed E-state index contributed by atoms with van der Waals surface area (Å²) >= 11 is 9.15. The van der Waals surface area contributed by atoms with Crippen LogP contribution in [0.15, 0.2) is 22.7 Å². The topological polar surface area (TPSA) is 66.5 Å². The van der Waals surface area contributed by atoms with Gasteiger partial charge >= 0.3 is 0 Å². The summed E-state index contributed by atoms with van der Waals surface area (Å²) in [5.74, 6) is 0. The van der Waals surface area contributed by atoms with Gasteiger partial charge in [-0.3, -0.25) is 0 Å². The van der Waals surface area contributed by atoms with Crippen LogP contribution in [0.4, 0.5) is 0 Å². The van der Waals surface area contributed by atoms with E-state index in [0.717, 1.165) is 4.47 Å². The Bertz CT molecular complexity index is 322. The average molecular weight is 281 g/mol. The second-order valence-corrected chi connectivity index (χ2v) is 4.28. The Balaban J connectivity index is 2.95. The standard InChI is InChI=1S/C9H11BrClNO2/c10-5-1-2-6(7(11)3-5)9(14)8(12)4-13/h1-3,8-9,13-14H,4,12H2. The Morgan fingerprint density at radius 2 is 2.14 bits per heavy atom. The van der Waals surface area contributed by atoms with E-state index in [1.165, 1.54) is 0 Å². The van der Waals surface area contributed by atoms with Crippen LogP contribution in [0.1, 0.15) is 11.7 Å². The Morgan fingerprint density at radius 1 is 1.50 bits per heavy atom. The van der Waals surface area contributed by atoms with Gasteiger partial charge in [-0.25, -0.2) is 0 Å². The molecule has 1 rings (SSSR count). The van der Waals surface area contributed by atoms with Crippen molar-refractivity contribution in [2.45, 2.75) is 12.1 Å². The lowest BCUT2D eigenvalue weighted by molar-refractivity contribution is 0.109. The highest BCUT2D eigenvalue weighted by molar-refractivity contribution is 9.10. The van der Waals surface area contributed by atoms with Crippen molar-refractivity contribution in [3.63, 3.8) is 0 Å². The zero-order valence-corrected chi connectivity index (χ0v) is 9.66. The van der Waals surface area contributed by atoms with Crippen LogP contribution >= 0.6 is 27.5 Å². The maximum absolute atomic E-state index is 9.68. The molecule has 0 saturated carbocycles. The van der Waals surface area contributed by atoms with E-state index in [4.69, 9.17) is 22.4 Å². The van der Waals surface area contributed by atoms with Crippen LogP contribution in [0.3, 0.4) is 0 Å². The second-order valence-electron chi connectivity index (χ2n) is 2.96. The monoisotopic (exact) mass is 279 g/mol. The number of benzene rings is 1. The van der Waals surface area contributed by atoms with Gasteiger partial charge in [-0.2, -0.15) is 0 Å². The highest BCUT2D eigenvalue weighted by atomic mass is 79.9. The SMILES string of the molecule is NC(CO)C(O)c1ccc(Br)cc1Cl. The Hall–Kier alpha value is -0.130. The fourth-order valence-corrected chi connectivity index (χ4v) is 1.86. The molecule has 0 aliphatic heterocycles. The summed E-state index contributed by atoms with van der Waals surface area (Å²) in [5, 5.41) is 18.9. The summed E-state index contributed by atoms with van der Waals surface area (Å²) in [5.41, 5.74) is 6.01. The highest BCUT2D eigenvalue weighted by Crippen LogP contribution is 2.27. The molecule has 2 unspecified atom stereocenters. The van der Waals surface area contributed by atoms with Gasteiger partial charge in [-0.05, 0) is 12.1 Å². The largest absolute Gasteiger partial charge is 0.395 e. The lowest BCUT2D eigenvalue weighted by Gasteiger charge is -2.18. The molecule has 1 aromatic carbocycles. The van der Waals surface area contributed by atoms with Gasteiger partial charge in [0.2, 0.25) is 0 Å². The predicted octanol–water partition coefficient (Wildman–Crippen LogP) is 1.46. The van der Waals surface area contributed by atoms with Crippen LogP contribution in [-0.4, -0.2) is 22.9 Å². The van der Waals surface area contributed by atoms with Crippen molar-refractivity contribution in [2.75, 3.05) is 6.61 Å². The molecular weight excluding hydrogens is 269 g/mol. The molecule has 0 amide bonds. The van der Waals surface area contributed by atoms with Crippen LogP contribution in [-0.2, 0) is 0 Å². The maximum Gasteiger partial charge on any atom is 0.0977 e. The second kappa shape index (κ2) is 5.09. The van der Waals surface area contributed by atoms with Crippen LogP contribution < -0.4 is 5.73 Å². The van der Waals surface area contributed by atoms with Crippen LogP contribution in [0.5, 0.6) is 0 Å². The molecule has 5 heteroatoms. The van der Waals surface area contributed by atoms with Crippen molar-refractivity contribution < 1.29 is 10.2 Å². The minimum Gasteiger partial charge on any atom is -0.395 e. The molecule has 0 aliphatic carbocycles. The molecule has 0 bridgehead atoms. The van der Waals surface area contributed by atoms with E-state index >= 15 is 0 Å². The maximum atomic E-state index is 9.68. The molecule has 4 N–H and O–H groups in total. The van der Waals surface area contributed by atoms with E-state index in [2.05, 4.69) is 15.9 Å². The minimum atomic E-state index is -0.944. The van der Waals surface area contributed by atoms with Gasteiger partial charge in [0.25, 0.3) is 0 Å². The molecule has 1 aromatic rings. The van der Waals surface area contributed by atoms with Crippen LogP contribution in [0.2, 0.25) is 5.02 Å². The third kappa shape index (κ3) is 2.68. The number of halogens is 2. The molecule has 0 saturated heterocycles. The molecule has 14 heavy (non-hydrogen) atoms. The van der Waals surface area contributed by atoms with Gasteiger partial charge in [0, 0.05) is 15.1 Å². The zero-order chi connectivity index (χ0) is 10.7. The van der Waals surface area contributed by atoms with Crippen molar-refractivity contribution >= 4 is 27.5 Å². The Labute approximate surface area is 95.6 Å². The minimum absolute atomic E-state index is 0.284. The first-order valence-corrected chi connectivity index (χ1v) is 5.22. The summed E-state index contributed by atoms with van der Waals surface area (Å²) in [6.45, 7) is -0.284. The molecule has 0 spiro atoms. The number of hydrogen-bond acceptors (Lipinski definition) is 3. The van der Waals surface area contributed by atoms with E-state index in [0.29, 0.717) is 10.6 Å². The van der Waals surface area contributed by atoms with Gasteiger partial charge in [-0.1, -0.05) is 33.6 Å². The van der Waals surface area contributed by atoms with Crippen molar-refractivity contribution in [3.05, 3.63) is 33.3 Å². The average Bonchev–Trinajstić information content (AvgIpc) is 2.15. The van der Waals surface area contributed by atoms with Crippen LogP contribution in [0.25, 0.3) is 0 Å². The molecule has 3 nitrogen and oxygen atoms in total. The van der Waals surface area contributed by atoms with Gasteiger partial charge in [0.1, 0.15) is 0 Å². The third-order valence-electron chi connectivity index (χ3n) is 1.90. The summed E-state index contributed by atoms with van der Waals surface area (Å²) in [6, 6.07) is 4.39. The zero-order valence-electron chi connectivity index (χ0n) is 7.32. The predicted molar refractivity (Wildman–Crippen MR) is 59.2 cm³/mol. The number of aliphatic hydroxyl groups is 2. The molecule has 0 aliphatic rings. The van der Waals surface area contributed by atoms with Gasteiger partial charge in [0.05, 0.1) is 18.8 Å². The summed E-state index contributed by atoms with van der Waals surface area (Å²) in [4.78, 5) is 0. The van der Waals surface area contributed by atoms with E-state index in [9.17, 15) is 5.11 Å². The highest BCUT2D eigenvalue weighted by Gasteiger charge is 2.18. The summed E-state index contributed by atoms with van der Waals surface area (Å²) in [6.07, 6.45) is -0.944. The van der Waals surface area contributed by atoms with Crippen LogP contribution in [0, 0.1) is 0 Å². The quantitative estimate of drug-likeness (QED) is 0.785. The number of hydrogen-bond donors (Lipinski definition) is 3. The molecule has 0 radical (unpaired) electrons. The molecule has 78 valence electrons. The molecule has 0 heterocycles. The molecule has 0 fully saturated rings. The van der Waals surface area contributed by atoms with E-state index < -0.39 is 12.1 Å². The first-order valence-electron chi connectivity index (χ1n) is 4.05. The lowest BCUT2D eigenvalue weighted by atomic mass is 10.0. The molecular formula is C9H11BrClNO2. The Kier molecular flexibility index (Phi) is 4.34. The fraction of sp³-hybridized carbons (Fsp3) is 0.333. The number of aliphatic hydroxyl groups excluding tert-OH is 2. The first kappa shape index (κ1) is 11.9.